The molecule has 0 fully saturated rings. The monoisotopic (exact) mass is 415 g/mol. The van der Waals surface area contributed by atoms with Crippen molar-refractivity contribution < 1.29 is 9.59 Å². The Balaban J connectivity index is 2.05. The van der Waals surface area contributed by atoms with Crippen molar-refractivity contribution in [3.8, 4) is 0 Å². The summed E-state index contributed by atoms with van der Waals surface area (Å²) in [4.78, 5) is 23.4. The molecule has 2 amide bonds. The smallest absolute Gasteiger partial charge is 0.237 e. The van der Waals surface area contributed by atoms with E-state index in [1.165, 1.54) is 11.8 Å². The lowest BCUT2D eigenvalue weighted by Crippen LogP contribution is -2.23. The second-order valence-corrected chi connectivity index (χ2v) is 7.63. The van der Waals surface area contributed by atoms with Gasteiger partial charge in [-0.2, -0.15) is 0 Å². The number of rotatable bonds is 8. The summed E-state index contributed by atoms with van der Waals surface area (Å²) in [6, 6.07) is 4.87. The number of nitrogens with one attached hydrogen (secondary N) is 1. The summed E-state index contributed by atoms with van der Waals surface area (Å²) < 4.78 is 1.87. The molecular weight excluding hydrogens is 397 g/mol. The minimum absolute atomic E-state index is 0.202. The number of anilines is 1. The molecule has 26 heavy (non-hydrogen) atoms. The first-order valence-electron chi connectivity index (χ1n) is 7.94. The number of hydrogen-bond acceptors (Lipinski definition) is 5. The number of nitrogens with zero attached hydrogens (tertiary/aromatic N) is 3. The molecule has 2 aromatic rings. The Kier molecular flexibility index (Phi) is 7.31. The van der Waals surface area contributed by atoms with Crippen LogP contribution in [0.15, 0.2) is 23.4 Å². The zero-order chi connectivity index (χ0) is 19.3. The van der Waals surface area contributed by atoms with Crippen molar-refractivity contribution in [2.75, 3.05) is 5.32 Å². The molecule has 0 unspecified atom stereocenters. The van der Waals surface area contributed by atoms with Gasteiger partial charge in [0.1, 0.15) is 5.82 Å². The van der Waals surface area contributed by atoms with E-state index in [2.05, 4.69) is 15.5 Å². The molecule has 0 saturated heterocycles. The Morgan fingerprint density at radius 3 is 2.69 bits per heavy atom. The molecular formula is C16H19Cl2N5O2S. The Bertz CT molecular complexity index is 812. The Labute approximate surface area is 165 Å². The fourth-order valence-corrected chi connectivity index (χ4v) is 3.57. The molecule has 0 aliphatic rings. The van der Waals surface area contributed by atoms with Crippen LogP contribution in [0.2, 0.25) is 10.0 Å². The van der Waals surface area contributed by atoms with Gasteiger partial charge in [0, 0.05) is 24.4 Å². The van der Waals surface area contributed by atoms with E-state index in [0.717, 1.165) is 0 Å². The van der Waals surface area contributed by atoms with E-state index < -0.39 is 11.2 Å². The van der Waals surface area contributed by atoms with Crippen LogP contribution in [0.5, 0.6) is 0 Å². The van der Waals surface area contributed by atoms with Gasteiger partial charge in [0.05, 0.1) is 16.0 Å². The van der Waals surface area contributed by atoms with Crippen LogP contribution in [-0.2, 0) is 22.6 Å². The molecule has 0 radical (unpaired) electrons. The Hall–Kier alpha value is -1.77. The Morgan fingerprint density at radius 1 is 1.35 bits per heavy atom. The summed E-state index contributed by atoms with van der Waals surface area (Å²) in [6.07, 6.45) is 0.617. The van der Waals surface area contributed by atoms with E-state index >= 15 is 0 Å². The van der Waals surface area contributed by atoms with E-state index in [9.17, 15) is 9.59 Å². The van der Waals surface area contributed by atoms with Crippen LogP contribution in [0, 0.1) is 0 Å². The highest BCUT2D eigenvalue weighted by atomic mass is 35.5. The lowest BCUT2D eigenvalue weighted by molar-refractivity contribution is -0.118. The maximum Gasteiger partial charge on any atom is 0.237 e. The first-order chi connectivity index (χ1) is 12.3. The van der Waals surface area contributed by atoms with Crippen LogP contribution in [0.25, 0.3) is 0 Å². The molecule has 3 N–H and O–H groups in total. The molecule has 0 aliphatic heterocycles. The largest absolute Gasteiger partial charge is 0.370 e. The molecule has 7 nitrogen and oxygen atoms in total. The predicted octanol–water partition coefficient (Wildman–Crippen LogP) is 3.14. The number of hydrogen-bond donors (Lipinski definition) is 2. The van der Waals surface area contributed by atoms with Crippen LogP contribution in [0.3, 0.4) is 0 Å². The lowest BCUT2D eigenvalue weighted by Gasteiger charge is -2.13. The minimum atomic E-state index is -0.430. The maximum atomic E-state index is 12.4. The summed E-state index contributed by atoms with van der Waals surface area (Å²) in [5.41, 5.74) is 5.67. The van der Waals surface area contributed by atoms with Crippen LogP contribution in [0.4, 0.5) is 5.69 Å². The van der Waals surface area contributed by atoms with Gasteiger partial charge in [0.25, 0.3) is 0 Å². The highest BCUT2D eigenvalue weighted by molar-refractivity contribution is 8.00. The SMILES string of the molecule is CCn1c(CCC(N)=O)nnc1S[C@@H](C)C(=O)Nc1ccc(Cl)cc1Cl. The van der Waals surface area contributed by atoms with E-state index in [0.29, 0.717) is 39.7 Å². The number of carbonyl (C=O) groups is 2. The predicted molar refractivity (Wildman–Crippen MR) is 104 cm³/mol. The first-order valence-corrected chi connectivity index (χ1v) is 9.58. The number of amides is 2. The number of carbonyl (C=O) groups excluding carboxylic acids is 2. The third-order valence-corrected chi connectivity index (χ3v) is 5.17. The Morgan fingerprint density at radius 2 is 2.08 bits per heavy atom. The highest BCUT2D eigenvalue weighted by Gasteiger charge is 2.20. The van der Waals surface area contributed by atoms with E-state index in [1.54, 1.807) is 25.1 Å². The second kappa shape index (κ2) is 9.25. The number of thioether (sulfide) groups is 1. The van der Waals surface area contributed by atoms with Crippen molar-refractivity contribution in [1.29, 1.82) is 0 Å². The van der Waals surface area contributed by atoms with Crippen molar-refractivity contribution in [2.24, 2.45) is 5.73 Å². The normalized spacial score (nSPS) is 12.0. The summed E-state index contributed by atoms with van der Waals surface area (Å²) in [5.74, 6) is 0.0585. The molecule has 1 heterocycles. The van der Waals surface area contributed by atoms with Crippen LogP contribution >= 0.6 is 35.0 Å². The van der Waals surface area contributed by atoms with Gasteiger partial charge < -0.3 is 15.6 Å². The van der Waals surface area contributed by atoms with Gasteiger partial charge in [-0.3, -0.25) is 9.59 Å². The quantitative estimate of drug-likeness (QED) is 0.644. The number of aromatic nitrogens is 3. The van der Waals surface area contributed by atoms with E-state index in [1.807, 2.05) is 11.5 Å². The summed E-state index contributed by atoms with van der Waals surface area (Å²) >= 11 is 13.2. The molecule has 0 aliphatic carbocycles. The molecule has 140 valence electrons. The van der Waals surface area contributed by atoms with Crippen LogP contribution in [-0.4, -0.2) is 31.8 Å². The number of nitrogens with two attached hydrogens (primary N) is 1. The maximum absolute atomic E-state index is 12.4. The summed E-state index contributed by atoms with van der Waals surface area (Å²) in [5, 5.41) is 12.0. The topological polar surface area (TPSA) is 103 Å². The van der Waals surface area contributed by atoms with Gasteiger partial charge in [-0.15, -0.1) is 10.2 Å². The molecule has 2 rings (SSSR count). The van der Waals surface area contributed by atoms with Crippen LogP contribution < -0.4 is 11.1 Å². The van der Waals surface area contributed by atoms with Gasteiger partial charge in [-0.05, 0) is 32.0 Å². The average molecular weight is 416 g/mol. The number of primary amides is 1. The average Bonchev–Trinajstić information content (AvgIpc) is 2.96. The summed E-state index contributed by atoms with van der Waals surface area (Å²) in [6.45, 7) is 4.34. The third-order valence-electron chi connectivity index (χ3n) is 3.55. The molecule has 1 atom stereocenters. The van der Waals surface area contributed by atoms with Crippen molar-refractivity contribution in [1.82, 2.24) is 14.8 Å². The van der Waals surface area contributed by atoms with Crippen molar-refractivity contribution in [3.05, 3.63) is 34.1 Å². The van der Waals surface area contributed by atoms with Gasteiger partial charge in [0.15, 0.2) is 5.16 Å². The first kappa shape index (κ1) is 20.5. The number of aryl methyl sites for hydroxylation is 1. The summed E-state index contributed by atoms with van der Waals surface area (Å²) in [7, 11) is 0. The van der Waals surface area contributed by atoms with E-state index in [-0.39, 0.29) is 12.3 Å². The lowest BCUT2D eigenvalue weighted by atomic mass is 10.3. The standard InChI is InChI=1S/C16H19Cl2N5O2S/c1-3-23-14(7-6-13(19)24)21-22-16(23)26-9(2)15(25)20-12-5-4-10(17)8-11(12)18/h4-5,8-9H,3,6-7H2,1-2H3,(H2,19,24)(H,20,25)/t9-/m0/s1. The molecule has 0 saturated carbocycles. The number of halogens is 2. The second-order valence-electron chi connectivity index (χ2n) is 5.48. The molecule has 0 spiro atoms. The molecule has 1 aromatic heterocycles. The zero-order valence-electron chi connectivity index (χ0n) is 14.3. The van der Waals surface area contributed by atoms with E-state index in [4.69, 9.17) is 28.9 Å². The van der Waals surface area contributed by atoms with Gasteiger partial charge >= 0.3 is 0 Å². The minimum Gasteiger partial charge on any atom is -0.370 e. The van der Waals surface area contributed by atoms with Crippen molar-refractivity contribution in [3.63, 3.8) is 0 Å². The van der Waals surface area contributed by atoms with Gasteiger partial charge in [0.2, 0.25) is 11.8 Å². The molecule has 0 bridgehead atoms. The third kappa shape index (κ3) is 5.36. The number of benzene rings is 1. The van der Waals surface area contributed by atoms with Crippen molar-refractivity contribution >= 4 is 52.5 Å². The molecule has 10 heteroatoms. The molecule has 1 aromatic carbocycles. The fourth-order valence-electron chi connectivity index (χ4n) is 2.18. The fraction of sp³-hybridized carbons (Fsp3) is 0.375. The highest BCUT2D eigenvalue weighted by Crippen LogP contribution is 2.28. The van der Waals surface area contributed by atoms with Crippen molar-refractivity contribution in [2.45, 2.75) is 43.6 Å². The van der Waals surface area contributed by atoms with Crippen LogP contribution in [0.1, 0.15) is 26.1 Å². The van der Waals surface area contributed by atoms with Gasteiger partial charge in [-0.1, -0.05) is 35.0 Å². The zero-order valence-corrected chi connectivity index (χ0v) is 16.7. The van der Waals surface area contributed by atoms with Gasteiger partial charge in [-0.25, -0.2) is 0 Å².